The minimum atomic E-state index is -4.68. The molecule has 30 heavy (non-hydrogen) atoms. The van der Waals surface area contributed by atoms with Gasteiger partial charge in [0.25, 0.3) is 11.8 Å². The van der Waals surface area contributed by atoms with E-state index >= 15 is 0 Å². The predicted molar refractivity (Wildman–Crippen MR) is 103 cm³/mol. The largest absolute Gasteiger partial charge is 0.418 e. The monoisotopic (exact) mass is 417 g/mol. The average Bonchev–Trinajstić information content (AvgIpc) is 2.98. The van der Waals surface area contributed by atoms with Crippen LogP contribution in [0.1, 0.15) is 33.2 Å². The van der Waals surface area contributed by atoms with E-state index in [0.717, 1.165) is 11.0 Å². The van der Waals surface area contributed by atoms with E-state index in [2.05, 4.69) is 0 Å². The van der Waals surface area contributed by atoms with Crippen molar-refractivity contribution >= 4 is 29.1 Å². The second kappa shape index (κ2) is 7.16. The van der Waals surface area contributed by atoms with Gasteiger partial charge < -0.3 is 9.80 Å². The number of amides is 3. The number of hydrogen-bond donors (Lipinski definition) is 0. The topological polar surface area (TPSA) is 60.9 Å². The van der Waals surface area contributed by atoms with Crippen molar-refractivity contribution in [2.24, 2.45) is 0 Å². The van der Waals surface area contributed by atoms with Gasteiger partial charge in [-0.05, 0) is 30.3 Å². The zero-order valence-electron chi connectivity index (χ0n) is 16.1. The Balaban J connectivity index is 1.69. The van der Waals surface area contributed by atoms with E-state index in [0.29, 0.717) is 13.1 Å². The Labute approximate surface area is 170 Å². The van der Waals surface area contributed by atoms with Crippen LogP contribution in [0.15, 0.2) is 42.5 Å². The normalized spacial score (nSPS) is 16.9. The Kier molecular flexibility index (Phi) is 4.76. The highest BCUT2D eigenvalue weighted by Crippen LogP contribution is 2.40. The van der Waals surface area contributed by atoms with Gasteiger partial charge in [-0.25, -0.2) is 4.90 Å². The molecule has 2 aliphatic heterocycles. The molecule has 0 N–H and O–H groups in total. The molecular weight excluding hydrogens is 399 g/mol. The van der Waals surface area contributed by atoms with Crippen LogP contribution >= 0.6 is 0 Å². The summed E-state index contributed by atoms with van der Waals surface area (Å²) in [5.74, 6) is -1.41. The Bertz CT molecular complexity index is 1010. The molecule has 156 valence electrons. The summed E-state index contributed by atoms with van der Waals surface area (Å²) in [6.07, 6.45) is -4.68. The number of benzene rings is 2. The van der Waals surface area contributed by atoms with Gasteiger partial charge in [0.05, 0.1) is 22.4 Å². The molecule has 1 fully saturated rings. The number of piperazine rings is 1. The van der Waals surface area contributed by atoms with E-state index in [1.165, 1.54) is 31.2 Å². The summed E-state index contributed by atoms with van der Waals surface area (Å²) in [6.45, 7) is 2.59. The fourth-order valence-corrected chi connectivity index (χ4v) is 3.85. The predicted octanol–water partition coefficient (Wildman–Crippen LogP) is 3.17. The standard InChI is InChI=1S/C21H18F3N3O3/c1-13(28)25-8-10-26(11-9-25)18-7-6-14(12-17(18)21(22,23)24)27-19(29)15-4-2-3-5-16(15)20(27)30/h2-7,12H,8-11H2,1H3. The van der Waals surface area contributed by atoms with E-state index in [4.69, 9.17) is 0 Å². The van der Waals surface area contributed by atoms with Crippen LogP contribution in [0.2, 0.25) is 0 Å². The summed E-state index contributed by atoms with van der Waals surface area (Å²) in [5, 5.41) is 0. The van der Waals surface area contributed by atoms with Gasteiger partial charge in [0.2, 0.25) is 5.91 Å². The second-order valence-corrected chi connectivity index (χ2v) is 7.18. The smallest absolute Gasteiger partial charge is 0.367 e. The van der Waals surface area contributed by atoms with Gasteiger partial charge in [0.15, 0.2) is 0 Å². The average molecular weight is 417 g/mol. The molecule has 2 aliphatic rings. The molecule has 6 nitrogen and oxygen atoms in total. The first-order chi connectivity index (χ1) is 14.2. The molecule has 0 aliphatic carbocycles. The first-order valence-corrected chi connectivity index (χ1v) is 9.38. The van der Waals surface area contributed by atoms with Crippen LogP contribution in [0.3, 0.4) is 0 Å². The van der Waals surface area contributed by atoms with Crippen molar-refractivity contribution in [3.05, 3.63) is 59.2 Å². The number of nitrogens with zero attached hydrogens (tertiary/aromatic N) is 3. The maximum atomic E-state index is 13.9. The number of hydrogen-bond acceptors (Lipinski definition) is 4. The number of rotatable bonds is 2. The van der Waals surface area contributed by atoms with Crippen LogP contribution in [0, 0.1) is 0 Å². The van der Waals surface area contributed by atoms with Gasteiger partial charge >= 0.3 is 6.18 Å². The van der Waals surface area contributed by atoms with Gasteiger partial charge in [-0.1, -0.05) is 12.1 Å². The van der Waals surface area contributed by atoms with Crippen molar-refractivity contribution in [3.63, 3.8) is 0 Å². The number of fused-ring (bicyclic) bond motifs is 1. The summed E-state index contributed by atoms with van der Waals surface area (Å²) in [7, 11) is 0. The van der Waals surface area contributed by atoms with Gasteiger partial charge in [0.1, 0.15) is 0 Å². The molecule has 1 saturated heterocycles. The minimum absolute atomic E-state index is 0.0361. The molecule has 3 amide bonds. The van der Waals surface area contributed by atoms with Crippen molar-refractivity contribution in [2.75, 3.05) is 36.0 Å². The molecule has 0 spiro atoms. The molecule has 2 aromatic rings. The molecule has 0 bridgehead atoms. The second-order valence-electron chi connectivity index (χ2n) is 7.18. The quantitative estimate of drug-likeness (QED) is 0.705. The van der Waals surface area contributed by atoms with Crippen LogP contribution < -0.4 is 9.80 Å². The van der Waals surface area contributed by atoms with Gasteiger partial charge in [-0.2, -0.15) is 13.2 Å². The van der Waals surface area contributed by atoms with Crippen LogP contribution in [0.4, 0.5) is 24.5 Å². The van der Waals surface area contributed by atoms with Gasteiger partial charge in [-0.3, -0.25) is 14.4 Å². The highest BCUT2D eigenvalue weighted by Gasteiger charge is 2.40. The van der Waals surface area contributed by atoms with Crippen LogP contribution in [-0.4, -0.2) is 48.8 Å². The van der Waals surface area contributed by atoms with Gasteiger partial charge in [-0.15, -0.1) is 0 Å². The number of carbonyl (C=O) groups excluding carboxylic acids is 3. The van der Waals surface area contributed by atoms with E-state index in [1.54, 1.807) is 21.9 Å². The fraction of sp³-hybridized carbons (Fsp3) is 0.286. The maximum absolute atomic E-state index is 13.9. The number of carbonyl (C=O) groups is 3. The number of anilines is 2. The third-order valence-electron chi connectivity index (χ3n) is 5.40. The summed E-state index contributed by atoms with van der Waals surface area (Å²) < 4.78 is 41.6. The van der Waals surface area contributed by atoms with Crippen molar-refractivity contribution in [2.45, 2.75) is 13.1 Å². The lowest BCUT2D eigenvalue weighted by atomic mass is 10.1. The molecule has 2 heterocycles. The van der Waals surface area contributed by atoms with Crippen molar-refractivity contribution < 1.29 is 27.6 Å². The Morgan fingerprint density at radius 1 is 0.900 bits per heavy atom. The summed E-state index contributed by atoms with van der Waals surface area (Å²) in [5.41, 5.74) is -0.750. The molecule has 0 unspecified atom stereocenters. The summed E-state index contributed by atoms with van der Waals surface area (Å²) in [4.78, 5) is 40.7. The minimum Gasteiger partial charge on any atom is -0.367 e. The molecule has 0 saturated carbocycles. The lowest BCUT2D eigenvalue weighted by Gasteiger charge is -2.37. The number of halogens is 3. The fourth-order valence-electron chi connectivity index (χ4n) is 3.85. The summed E-state index contributed by atoms with van der Waals surface area (Å²) >= 11 is 0. The van der Waals surface area contributed by atoms with Crippen LogP contribution in [-0.2, 0) is 11.0 Å². The third kappa shape index (κ3) is 3.30. The molecular formula is C21H18F3N3O3. The first-order valence-electron chi connectivity index (χ1n) is 9.38. The Morgan fingerprint density at radius 2 is 1.47 bits per heavy atom. The van der Waals surface area contributed by atoms with Crippen LogP contribution in [0.5, 0.6) is 0 Å². The lowest BCUT2D eigenvalue weighted by Crippen LogP contribution is -2.48. The zero-order valence-corrected chi connectivity index (χ0v) is 16.1. The van der Waals surface area contributed by atoms with Crippen molar-refractivity contribution in [1.82, 2.24) is 4.90 Å². The maximum Gasteiger partial charge on any atom is 0.418 e. The van der Waals surface area contributed by atoms with E-state index in [1.807, 2.05) is 0 Å². The molecule has 0 radical (unpaired) electrons. The number of imide groups is 1. The molecule has 9 heteroatoms. The van der Waals surface area contributed by atoms with E-state index in [9.17, 15) is 27.6 Å². The van der Waals surface area contributed by atoms with E-state index < -0.39 is 23.6 Å². The summed E-state index contributed by atoms with van der Waals surface area (Å²) in [6, 6.07) is 9.62. The molecule has 4 rings (SSSR count). The molecule has 2 aromatic carbocycles. The Morgan fingerprint density at radius 3 is 1.97 bits per heavy atom. The van der Waals surface area contributed by atoms with Crippen molar-refractivity contribution in [3.8, 4) is 0 Å². The SMILES string of the molecule is CC(=O)N1CCN(c2ccc(N3C(=O)c4ccccc4C3=O)cc2C(F)(F)F)CC1. The zero-order chi connectivity index (χ0) is 21.6. The van der Waals surface area contributed by atoms with Crippen LogP contribution in [0.25, 0.3) is 0 Å². The lowest BCUT2D eigenvalue weighted by molar-refractivity contribution is -0.137. The Hall–Kier alpha value is -3.36. The van der Waals surface area contributed by atoms with Gasteiger partial charge in [0, 0.05) is 38.8 Å². The highest BCUT2D eigenvalue weighted by atomic mass is 19.4. The highest BCUT2D eigenvalue weighted by molar-refractivity contribution is 6.34. The third-order valence-corrected chi connectivity index (χ3v) is 5.40. The van der Waals surface area contributed by atoms with E-state index in [-0.39, 0.29) is 41.5 Å². The van der Waals surface area contributed by atoms with Crippen molar-refractivity contribution in [1.29, 1.82) is 0 Å². The molecule has 0 atom stereocenters. The number of alkyl halides is 3. The molecule has 0 aromatic heterocycles. The first kappa shape index (κ1) is 19.9.